The van der Waals surface area contributed by atoms with E-state index in [4.69, 9.17) is 4.74 Å². The number of carbonyl (C=O) groups is 1. The Hall–Kier alpha value is -0.570. The minimum atomic E-state index is -0.0284. The van der Waals surface area contributed by atoms with Crippen LogP contribution in [0.4, 0.5) is 0 Å². The molecule has 2 unspecified atom stereocenters. The lowest BCUT2D eigenvalue weighted by molar-refractivity contribution is -0.145. The van der Waals surface area contributed by atoms with Gasteiger partial charge in [-0.3, -0.25) is 4.79 Å². The van der Waals surface area contributed by atoms with Crippen molar-refractivity contribution >= 4 is 5.97 Å². The minimum Gasteiger partial charge on any atom is -0.465 e. The largest absolute Gasteiger partial charge is 0.465 e. The summed E-state index contributed by atoms with van der Waals surface area (Å²) in [5, 5.41) is 3.32. The number of hydrogen-bond acceptors (Lipinski definition) is 3. The lowest BCUT2D eigenvalue weighted by atomic mass is 10.0. The number of carbonyl (C=O) groups excluding carboxylic acids is 1. The highest BCUT2D eigenvalue weighted by Gasteiger charge is 2.19. The highest BCUT2D eigenvalue weighted by Crippen LogP contribution is 2.14. The van der Waals surface area contributed by atoms with E-state index in [0.717, 1.165) is 19.4 Å². The van der Waals surface area contributed by atoms with Crippen LogP contribution in [0.25, 0.3) is 0 Å². The van der Waals surface area contributed by atoms with E-state index in [-0.39, 0.29) is 5.97 Å². The minimum absolute atomic E-state index is 0.0284. The molecule has 17 heavy (non-hydrogen) atoms. The average Bonchev–Trinajstić information content (AvgIpc) is 2.82. The Labute approximate surface area is 105 Å². The molecule has 1 N–H and O–H groups in total. The van der Waals surface area contributed by atoms with Crippen molar-refractivity contribution in [1.82, 2.24) is 5.32 Å². The summed E-state index contributed by atoms with van der Waals surface area (Å²) in [5.41, 5.74) is 0. The maximum Gasteiger partial charge on any atom is 0.307 e. The van der Waals surface area contributed by atoms with Crippen molar-refractivity contribution in [3.05, 3.63) is 0 Å². The van der Waals surface area contributed by atoms with Crippen molar-refractivity contribution in [1.29, 1.82) is 0 Å². The summed E-state index contributed by atoms with van der Waals surface area (Å²) in [7, 11) is 0. The van der Waals surface area contributed by atoms with E-state index in [1.54, 1.807) is 0 Å². The molecule has 1 rings (SSSR count). The van der Waals surface area contributed by atoms with Crippen LogP contribution in [0.5, 0.6) is 0 Å². The lowest BCUT2D eigenvalue weighted by Crippen LogP contribution is -2.26. The van der Waals surface area contributed by atoms with Gasteiger partial charge in [-0.1, -0.05) is 33.1 Å². The molecule has 1 aliphatic heterocycles. The molecule has 3 heteroatoms. The molecule has 1 fully saturated rings. The zero-order valence-corrected chi connectivity index (χ0v) is 11.3. The highest BCUT2D eigenvalue weighted by atomic mass is 16.5. The predicted octanol–water partition coefficient (Wildman–Crippen LogP) is 2.89. The van der Waals surface area contributed by atoms with Crippen LogP contribution in [0, 0.1) is 5.92 Å². The fraction of sp³-hybridized carbons (Fsp3) is 0.929. The van der Waals surface area contributed by atoms with E-state index >= 15 is 0 Å². The van der Waals surface area contributed by atoms with E-state index in [1.165, 1.54) is 25.7 Å². The van der Waals surface area contributed by atoms with Gasteiger partial charge in [0.2, 0.25) is 0 Å². The number of unbranched alkanes of at least 4 members (excludes halogenated alkanes) is 1. The standard InChI is InChI=1S/C14H27NO2/c1-3-5-7-12(4-2)11-17-14(16)10-13-8-6-9-15-13/h12-13,15H,3-11H2,1-2H3. The van der Waals surface area contributed by atoms with Crippen molar-refractivity contribution in [2.24, 2.45) is 5.92 Å². The molecule has 0 saturated carbocycles. The number of esters is 1. The number of nitrogens with one attached hydrogen (secondary N) is 1. The Morgan fingerprint density at radius 1 is 1.47 bits per heavy atom. The summed E-state index contributed by atoms with van der Waals surface area (Å²) in [6.45, 7) is 6.03. The molecule has 0 aromatic heterocycles. The highest BCUT2D eigenvalue weighted by molar-refractivity contribution is 5.70. The van der Waals surface area contributed by atoms with E-state index in [2.05, 4.69) is 19.2 Å². The Kier molecular flexibility index (Phi) is 7.25. The molecule has 0 radical (unpaired) electrons. The molecule has 0 aromatic carbocycles. The zero-order valence-electron chi connectivity index (χ0n) is 11.3. The van der Waals surface area contributed by atoms with Crippen molar-refractivity contribution in [2.75, 3.05) is 13.2 Å². The molecule has 0 amide bonds. The molecule has 2 atom stereocenters. The van der Waals surface area contributed by atoms with E-state index < -0.39 is 0 Å². The molecule has 1 heterocycles. The van der Waals surface area contributed by atoms with Crippen LogP contribution < -0.4 is 5.32 Å². The van der Waals surface area contributed by atoms with Gasteiger partial charge in [-0.2, -0.15) is 0 Å². The summed E-state index contributed by atoms with van der Waals surface area (Å²) in [5.74, 6) is 0.523. The number of rotatable bonds is 8. The van der Waals surface area contributed by atoms with Crippen LogP contribution in [0.2, 0.25) is 0 Å². The molecule has 0 bridgehead atoms. The van der Waals surface area contributed by atoms with Crippen LogP contribution in [0.3, 0.4) is 0 Å². The summed E-state index contributed by atoms with van der Waals surface area (Å²) in [6.07, 6.45) is 7.59. The average molecular weight is 241 g/mol. The van der Waals surface area contributed by atoms with E-state index in [1.807, 2.05) is 0 Å². The van der Waals surface area contributed by atoms with Crippen LogP contribution in [-0.4, -0.2) is 25.2 Å². The lowest BCUT2D eigenvalue weighted by Gasteiger charge is -2.15. The first-order chi connectivity index (χ1) is 8.26. The quantitative estimate of drug-likeness (QED) is 0.664. The Morgan fingerprint density at radius 3 is 2.88 bits per heavy atom. The molecule has 0 aromatic rings. The SMILES string of the molecule is CCCCC(CC)COC(=O)CC1CCCN1. The van der Waals surface area contributed by atoms with Gasteiger partial charge in [0.1, 0.15) is 0 Å². The molecule has 0 spiro atoms. The molecule has 0 aliphatic carbocycles. The number of ether oxygens (including phenoxy) is 1. The first kappa shape index (κ1) is 14.5. The fourth-order valence-corrected chi connectivity index (χ4v) is 2.30. The first-order valence-electron chi connectivity index (χ1n) is 7.15. The first-order valence-corrected chi connectivity index (χ1v) is 7.15. The van der Waals surface area contributed by atoms with Crippen molar-refractivity contribution in [3.63, 3.8) is 0 Å². The second-order valence-electron chi connectivity index (χ2n) is 5.10. The smallest absolute Gasteiger partial charge is 0.307 e. The van der Waals surface area contributed by atoms with Crippen molar-refractivity contribution in [3.8, 4) is 0 Å². The van der Waals surface area contributed by atoms with Gasteiger partial charge in [-0.25, -0.2) is 0 Å². The Balaban J connectivity index is 2.12. The summed E-state index contributed by atoms with van der Waals surface area (Å²) < 4.78 is 5.38. The zero-order chi connectivity index (χ0) is 12.5. The van der Waals surface area contributed by atoms with Crippen LogP contribution >= 0.6 is 0 Å². The molecule has 1 aliphatic rings. The van der Waals surface area contributed by atoms with Crippen LogP contribution in [0.1, 0.15) is 58.8 Å². The van der Waals surface area contributed by atoms with Crippen LogP contribution in [-0.2, 0) is 9.53 Å². The van der Waals surface area contributed by atoms with Gasteiger partial charge in [-0.15, -0.1) is 0 Å². The fourth-order valence-electron chi connectivity index (χ4n) is 2.30. The molecule has 100 valence electrons. The van der Waals surface area contributed by atoms with Gasteiger partial charge < -0.3 is 10.1 Å². The van der Waals surface area contributed by atoms with Crippen LogP contribution in [0.15, 0.2) is 0 Å². The van der Waals surface area contributed by atoms with Gasteiger partial charge in [-0.05, 0) is 31.7 Å². The Bertz CT molecular complexity index is 212. The topological polar surface area (TPSA) is 38.3 Å². The number of hydrogen-bond donors (Lipinski definition) is 1. The molecular formula is C14H27NO2. The van der Waals surface area contributed by atoms with Gasteiger partial charge in [0, 0.05) is 6.04 Å². The van der Waals surface area contributed by atoms with E-state index in [9.17, 15) is 4.79 Å². The van der Waals surface area contributed by atoms with Gasteiger partial charge in [0.05, 0.1) is 13.0 Å². The van der Waals surface area contributed by atoms with E-state index in [0.29, 0.717) is 25.0 Å². The second-order valence-corrected chi connectivity index (χ2v) is 5.10. The summed E-state index contributed by atoms with van der Waals surface area (Å²) in [4.78, 5) is 11.6. The monoisotopic (exact) mass is 241 g/mol. The predicted molar refractivity (Wildman–Crippen MR) is 69.9 cm³/mol. The van der Waals surface area contributed by atoms with Gasteiger partial charge >= 0.3 is 5.97 Å². The third-order valence-corrected chi connectivity index (χ3v) is 3.60. The molecule has 1 saturated heterocycles. The maximum absolute atomic E-state index is 11.6. The third kappa shape index (κ3) is 6.06. The molecule has 3 nitrogen and oxygen atoms in total. The second kappa shape index (κ2) is 8.51. The van der Waals surface area contributed by atoms with Crippen molar-refractivity contribution in [2.45, 2.75) is 64.8 Å². The third-order valence-electron chi connectivity index (χ3n) is 3.60. The van der Waals surface area contributed by atoms with Crippen molar-refractivity contribution < 1.29 is 9.53 Å². The normalized spacial score (nSPS) is 21.4. The Morgan fingerprint density at radius 2 is 2.29 bits per heavy atom. The molecular weight excluding hydrogens is 214 g/mol. The summed E-state index contributed by atoms with van der Waals surface area (Å²) >= 11 is 0. The summed E-state index contributed by atoms with van der Waals surface area (Å²) in [6, 6.07) is 0.359. The van der Waals surface area contributed by atoms with Gasteiger partial charge in [0.15, 0.2) is 0 Å². The van der Waals surface area contributed by atoms with Gasteiger partial charge in [0.25, 0.3) is 0 Å². The maximum atomic E-state index is 11.6.